The highest BCUT2D eigenvalue weighted by molar-refractivity contribution is 5.94. The molecule has 0 aliphatic rings. The number of nitrogens with two attached hydrogens (primary N) is 1. The van der Waals surface area contributed by atoms with Crippen LogP contribution in [0.15, 0.2) is 64.2 Å². The molecule has 0 spiro atoms. The van der Waals surface area contributed by atoms with E-state index in [2.05, 4.69) is 15.6 Å². The fourth-order valence-corrected chi connectivity index (χ4v) is 3.92. The second kappa shape index (κ2) is 12.0. The van der Waals surface area contributed by atoms with Gasteiger partial charge in [0, 0.05) is 6.42 Å². The fourth-order valence-electron chi connectivity index (χ4n) is 3.92. The van der Waals surface area contributed by atoms with Crippen LogP contribution < -0.4 is 27.6 Å². The van der Waals surface area contributed by atoms with Crippen LogP contribution in [0, 0.1) is 0 Å². The van der Waals surface area contributed by atoms with Crippen LogP contribution in [0.4, 0.5) is 0 Å². The lowest BCUT2D eigenvalue weighted by Gasteiger charge is -2.25. The molecule has 2 aromatic carbocycles. The summed E-state index contributed by atoms with van der Waals surface area (Å²) in [4.78, 5) is 78.2. The van der Waals surface area contributed by atoms with Gasteiger partial charge >= 0.3 is 11.7 Å². The molecular weight excluding hydrogens is 498 g/mol. The predicted octanol–water partition coefficient (Wildman–Crippen LogP) is -1.22. The van der Waals surface area contributed by atoms with E-state index in [1.165, 1.54) is 12.1 Å². The number of carboxylic acid groups (broad SMARTS) is 1. The first-order chi connectivity index (χ1) is 18.0. The van der Waals surface area contributed by atoms with E-state index in [0.29, 0.717) is 5.56 Å². The minimum Gasteiger partial charge on any atom is -0.480 e. The molecule has 3 amide bonds. The summed E-state index contributed by atoms with van der Waals surface area (Å²) in [7, 11) is 0. The quantitative estimate of drug-likeness (QED) is 0.178. The molecule has 0 bridgehead atoms. The zero-order valence-electron chi connectivity index (χ0n) is 20.3. The summed E-state index contributed by atoms with van der Waals surface area (Å²) in [6, 6.07) is 9.85. The van der Waals surface area contributed by atoms with Crippen LogP contribution in [0.1, 0.15) is 24.9 Å². The summed E-state index contributed by atoms with van der Waals surface area (Å²) < 4.78 is 0.722. The number of amides is 3. The smallest absolute Gasteiger partial charge is 0.329 e. The maximum Gasteiger partial charge on any atom is 0.329 e. The molecule has 1 heterocycles. The maximum absolute atomic E-state index is 13.5. The van der Waals surface area contributed by atoms with Gasteiger partial charge in [0.2, 0.25) is 17.7 Å². The van der Waals surface area contributed by atoms with Gasteiger partial charge in [-0.2, -0.15) is 0 Å². The van der Waals surface area contributed by atoms with Gasteiger partial charge in [-0.3, -0.25) is 19.2 Å². The molecule has 13 heteroatoms. The van der Waals surface area contributed by atoms with Crippen molar-refractivity contribution in [1.82, 2.24) is 20.2 Å². The number of rotatable bonds is 11. The lowest BCUT2D eigenvalue weighted by Crippen LogP contribution is -2.57. The second-order valence-corrected chi connectivity index (χ2v) is 8.65. The molecule has 0 radical (unpaired) electrons. The SMILES string of the molecule is CC(O)[C@H](NC(=O)[C@H](CC(N)=O)NC(=O)[C@H](Cc1ccccc1)n1c(=O)[nH]c2ccccc2c1=O)C(=O)O. The van der Waals surface area contributed by atoms with E-state index >= 15 is 0 Å². The third-order valence-corrected chi connectivity index (χ3v) is 5.81. The molecule has 4 atom stereocenters. The number of aliphatic hydroxyl groups excluding tert-OH is 1. The van der Waals surface area contributed by atoms with Gasteiger partial charge in [0.1, 0.15) is 12.1 Å². The lowest BCUT2D eigenvalue weighted by atomic mass is 10.0. The molecule has 200 valence electrons. The number of aliphatic carboxylic acids is 1. The maximum atomic E-state index is 13.5. The summed E-state index contributed by atoms with van der Waals surface area (Å²) in [6.07, 6.45) is -2.35. The molecule has 0 aliphatic heterocycles. The lowest BCUT2D eigenvalue weighted by molar-refractivity contribution is -0.145. The third-order valence-electron chi connectivity index (χ3n) is 5.81. The molecule has 1 unspecified atom stereocenters. The average Bonchev–Trinajstić information content (AvgIpc) is 2.86. The van der Waals surface area contributed by atoms with E-state index in [4.69, 9.17) is 5.73 Å². The monoisotopic (exact) mass is 525 g/mol. The van der Waals surface area contributed by atoms with Crippen LogP contribution in [0.5, 0.6) is 0 Å². The summed E-state index contributed by atoms with van der Waals surface area (Å²) in [5, 5.41) is 23.4. The highest BCUT2D eigenvalue weighted by Gasteiger charge is 2.33. The topological polar surface area (TPSA) is 214 Å². The van der Waals surface area contributed by atoms with Crippen molar-refractivity contribution in [2.24, 2.45) is 5.73 Å². The van der Waals surface area contributed by atoms with E-state index in [1.807, 2.05) is 0 Å². The molecule has 0 aliphatic carbocycles. The zero-order valence-corrected chi connectivity index (χ0v) is 20.3. The van der Waals surface area contributed by atoms with Gasteiger partial charge in [0.05, 0.1) is 23.4 Å². The minimum atomic E-state index is -1.74. The van der Waals surface area contributed by atoms with Crippen molar-refractivity contribution in [2.45, 2.75) is 44.0 Å². The van der Waals surface area contributed by atoms with Crippen LogP contribution in [-0.4, -0.2) is 61.6 Å². The molecule has 3 rings (SSSR count). The Hall–Kier alpha value is -4.78. The number of carbonyl (C=O) groups is 4. The Balaban J connectivity index is 2.03. The average molecular weight is 526 g/mol. The van der Waals surface area contributed by atoms with E-state index in [1.54, 1.807) is 42.5 Å². The van der Waals surface area contributed by atoms with Gasteiger partial charge in [-0.1, -0.05) is 42.5 Å². The van der Waals surface area contributed by atoms with Crippen molar-refractivity contribution in [2.75, 3.05) is 0 Å². The molecule has 1 aromatic heterocycles. The third kappa shape index (κ3) is 6.50. The molecule has 0 fully saturated rings. The molecule has 3 aromatic rings. The van der Waals surface area contributed by atoms with Gasteiger partial charge in [-0.05, 0) is 24.6 Å². The van der Waals surface area contributed by atoms with E-state index in [9.17, 15) is 39.0 Å². The minimum absolute atomic E-state index is 0.135. The summed E-state index contributed by atoms with van der Waals surface area (Å²) in [5.74, 6) is -4.62. The van der Waals surface area contributed by atoms with Crippen molar-refractivity contribution in [1.29, 1.82) is 0 Å². The Morgan fingerprint density at radius 2 is 1.61 bits per heavy atom. The Morgan fingerprint density at radius 1 is 0.974 bits per heavy atom. The first-order valence-corrected chi connectivity index (χ1v) is 11.6. The van der Waals surface area contributed by atoms with Crippen LogP contribution in [0.25, 0.3) is 10.9 Å². The first kappa shape index (κ1) is 27.8. The van der Waals surface area contributed by atoms with Crippen molar-refractivity contribution in [3.63, 3.8) is 0 Å². The number of aromatic nitrogens is 2. The number of para-hydroxylation sites is 1. The highest BCUT2D eigenvalue weighted by atomic mass is 16.4. The molecule has 0 saturated carbocycles. The van der Waals surface area contributed by atoms with Crippen molar-refractivity contribution in [3.8, 4) is 0 Å². The van der Waals surface area contributed by atoms with Crippen molar-refractivity contribution >= 4 is 34.6 Å². The van der Waals surface area contributed by atoms with Gasteiger partial charge in [0.15, 0.2) is 6.04 Å². The van der Waals surface area contributed by atoms with Gasteiger partial charge in [0.25, 0.3) is 5.56 Å². The number of carboxylic acids is 1. The summed E-state index contributed by atoms with van der Waals surface area (Å²) in [5.41, 5.74) is 4.46. The number of H-pyrrole nitrogens is 1. The predicted molar refractivity (Wildman–Crippen MR) is 135 cm³/mol. The van der Waals surface area contributed by atoms with Crippen molar-refractivity contribution < 1.29 is 29.4 Å². The largest absolute Gasteiger partial charge is 0.480 e. The number of carbonyl (C=O) groups excluding carboxylic acids is 3. The Kier molecular flexibility index (Phi) is 8.76. The first-order valence-electron chi connectivity index (χ1n) is 11.6. The van der Waals surface area contributed by atoms with Gasteiger partial charge < -0.3 is 31.6 Å². The van der Waals surface area contributed by atoms with E-state index in [-0.39, 0.29) is 17.3 Å². The number of aromatic amines is 1. The zero-order chi connectivity index (χ0) is 28.0. The fraction of sp³-hybridized carbons (Fsp3) is 0.280. The number of primary amides is 1. The number of hydrogen-bond acceptors (Lipinski definition) is 7. The number of aliphatic hydroxyl groups is 1. The van der Waals surface area contributed by atoms with E-state index < -0.39 is 65.6 Å². The number of fused-ring (bicyclic) bond motifs is 1. The second-order valence-electron chi connectivity index (χ2n) is 8.65. The van der Waals surface area contributed by atoms with Crippen molar-refractivity contribution in [3.05, 3.63) is 81.0 Å². The van der Waals surface area contributed by atoms with Gasteiger partial charge in [-0.15, -0.1) is 0 Å². The Labute approximate surface area is 215 Å². The normalized spacial score (nSPS) is 14.2. The Morgan fingerprint density at radius 3 is 2.21 bits per heavy atom. The highest BCUT2D eigenvalue weighted by Crippen LogP contribution is 2.14. The summed E-state index contributed by atoms with van der Waals surface area (Å²) >= 11 is 0. The van der Waals surface area contributed by atoms with Crippen LogP contribution >= 0.6 is 0 Å². The van der Waals surface area contributed by atoms with Crippen LogP contribution in [0.2, 0.25) is 0 Å². The molecule has 13 nitrogen and oxygen atoms in total. The van der Waals surface area contributed by atoms with Crippen LogP contribution in [-0.2, 0) is 25.6 Å². The molecule has 7 N–H and O–H groups in total. The molecule has 38 heavy (non-hydrogen) atoms. The molecule has 0 saturated heterocycles. The number of benzene rings is 2. The number of hydrogen-bond donors (Lipinski definition) is 6. The van der Waals surface area contributed by atoms with E-state index in [0.717, 1.165) is 11.5 Å². The number of nitrogens with one attached hydrogen (secondary N) is 3. The number of nitrogens with zero attached hydrogens (tertiary/aromatic N) is 1. The van der Waals surface area contributed by atoms with Gasteiger partial charge in [-0.25, -0.2) is 14.2 Å². The summed E-state index contributed by atoms with van der Waals surface area (Å²) in [6.45, 7) is 1.13. The molecular formula is C25H27N5O8. The van der Waals surface area contributed by atoms with Crippen LogP contribution in [0.3, 0.4) is 0 Å². The Bertz CT molecular complexity index is 1460. The standard InChI is InChI=1S/C25H27N5O8/c1-13(31)20(24(36)37)29-21(33)17(12-19(26)32)27-22(34)18(11-14-7-3-2-4-8-14)30-23(35)15-9-5-6-10-16(15)28-25(30)38/h2-10,13,17-18,20,31H,11-12H2,1H3,(H2,26,32)(H,27,34)(H,28,38)(H,29,33)(H,36,37)/t13?,17-,18-,20-/m0/s1.